The monoisotopic (exact) mass is 218 g/mol. The van der Waals surface area contributed by atoms with Gasteiger partial charge in [0.2, 0.25) is 5.71 Å². The third kappa shape index (κ3) is 1.10. The summed E-state index contributed by atoms with van der Waals surface area (Å²) in [4.78, 5) is 12.1. The van der Waals surface area contributed by atoms with Crippen molar-refractivity contribution in [1.29, 1.82) is 0 Å². The SMILES string of the molecule is Cc1noc2c1c1c(c(=O)n2C)CCCC1. The fourth-order valence-corrected chi connectivity index (χ4v) is 2.65. The minimum absolute atomic E-state index is 0.0818. The molecule has 0 unspecified atom stereocenters. The average molecular weight is 218 g/mol. The predicted octanol–water partition coefficient (Wildman–Crippen LogP) is 1.71. The van der Waals surface area contributed by atoms with E-state index in [0.717, 1.165) is 42.3 Å². The summed E-state index contributed by atoms with van der Waals surface area (Å²) in [7, 11) is 1.75. The second-order valence-corrected chi connectivity index (χ2v) is 4.48. The summed E-state index contributed by atoms with van der Waals surface area (Å²) < 4.78 is 6.82. The Morgan fingerprint density at radius 1 is 1.25 bits per heavy atom. The fourth-order valence-electron chi connectivity index (χ4n) is 2.65. The molecule has 0 saturated heterocycles. The Morgan fingerprint density at radius 3 is 2.69 bits per heavy atom. The quantitative estimate of drug-likeness (QED) is 0.676. The van der Waals surface area contributed by atoms with Crippen molar-refractivity contribution in [3.63, 3.8) is 0 Å². The van der Waals surface area contributed by atoms with Crippen LogP contribution >= 0.6 is 0 Å². The average Bonchev–Trinajstić information content (AvgIpc) is 2.69. The van der Waals surface area contributed by atoms with E-state index in [1.54, 1.807) is 11.6 Å². The Morgan fingerprint density at radius 2 is 1.94 bits per heavy atom. The van der Waals surface area contributed by atoms with Gasteiger partial charge in [-0.3, -0.25) is 9.36 Å². The summed E-state index contributed by atoms with van der Waals surface area (Å²) in [6, 6.07) is 0. The normalized spacial score (nSPS) is 15.4. The van der Waals surface area contributed by atoms with Crippen LogP contribution in [0.4, 0.5) is 0 Å². The second kappa shape index (κ2) is 3.20. The number of pyridine rings is 1. The van der Waals surface area contributed by atoms with Crippen molar-refractivity contribution in [2.75, 3.05) is 0 Å². The van der Waals surface area contributed by atoms with Gasteiger partial charge in [-0.05, 0) is 38.2 Å². The van der Waals surface area contributed by atoms with E-state index in [1.807, 2.05) is 6.92 Å². The maximum atomic E-state index is 12.1. The van der Waals surface area contributed by atoms with E-state index < -0.39 is 0 Å². The molecular formula is C12H14N2O2. The van der Waals surface area contributed by atoms with E-state index in [0.29, 0.717) is 5.71 Å². The lowest BCUT2D eigenvalue weighted by atomic mass is 9.90. The summed E-state index contributed by atoms with van der Waals surface area (Å²) >= 11 is 0. The Kier molecular flexibility index (Phi) is 1.93. The van der Waals surface area contributed by atoms with Crippen LogP contribution in [0.15, 0.2) is 9.32 Å². The molecule has 0 aromatic carbocycles. The maximum absolute atomic E-state index is 12.1. The molecule has 0 amide bonds. The van der Waals surface area contributed by atoms with Gasteiger partial charge >= 0.3 is 0 Å². The van der Waals surface area contributed by atoms with Gasteiger partial charge in [0.05, 0.1) is 11.1 Å². The Labute approximate surface area is 92.9 Å². The lowest BCUT2D eigenvalue weighted by Gasteiger charge is -2.16. The largest absolute Gasteiger partial charge is 0.337 e. The van der Waals surface area contributed by atoms with Gasteiger partial charge in [-0.2, -0.15) is 0 Å². The highest BCUT2D eigenvalue weighted by Crippen LogP contribution is 2.28. The van der Waals surface area contributed by atoms with Gasteiger partial charge in [0.25, 0.3) is 5.56 Å². The molecule has 2 heterocycles. The molecule has 0 bridgehead atoms. The maximum Gasteiger partial charge on any atom is 0.256 e. The highest BCUT2D eigenvalue weighted by molar-refractivity contribution is 5.81. The molecular weight excluding hydrogens is 204 g/mol. The Bertz CT molecular complexity index is 622. The van der Waals surface area contributed by atoms with Crippen molar-refractivity contribution in [3.05, 3.63) is 27.2 Å². The van der Waals surface area contributed by atoms with Crippen molar-refractivity contribution < 1.29 is 4.52 Å². The van der Waals surface area contributed by atoms with E-state index in [4.69, 9.17) is 4.52 Å². The van der Waals surface area contributed by atoms with Crippen LogP contribution in [0.25, 0.3) is 11.1 Å². The molecule has 0 radical (unpaired) electrons. The summed E-state index contributed by atoms with van der Waals surface area (Å²) in [6.07, 6.45) is 4.13. The molecule has 0 spiro atoms. The summed E-state index contributed by atoms with van der Waals surface area (Å²) in [5.74, 6) is 0. The molecule has 0 N–H and O–H groups in total. The lowest BCUT2D eigenvalue weighted by Crippen LogP contribution is -2.25. The zero-order valence-electron chi connectivity index (χ0n) is 9.54. The topological polar surface area (TPSA) is 48.0 Å². The zero-order chi connectivity index (χ0) is 11.3. The highest BCUT2D eigenvalue weighted by atomic mass is 16.5. The Hall–Kier alpha value is -1.58. The molecule has 1 aliphatic carbocycles. The van der Waals surface area contributed by atoms with Gasteiger partial charge < -0.3 is 4.52 Å². The minimum Gasteiger partial charge on any atom is -0.337 e. The van der Waals surface area contributed by atoms with E-state index in [9.17, 15) is 4.79 Å². The van der Waals surface area contributed by atoms with Crippen molar-refractivity contribution in [1.82, 2.24) is 9.72 Å². The number of hydrogen-bond donors (Lipinski definition) is 0. The summed E-state index contributed by atoms with van der Waals surface area (Å²) in [6.45, 7) is 1.94. The number of fused-ring (bicyclic) bond motifs is 3. The molecule has 4 nitrogen and oxygen atoms in total. The smallest absolute Gasteiger partial charge is 0.256 e. The highest BCUT2D eigenvalue weighted by Gasteiger charge is 2.22. The van der Waals surface area contributed by atoms with Crippen LogP contribution in [-0.4, -0.2) is 9.72 Å². The third-order valence-corrected chi connectivity index (χ3v) is 3.48. The molecule has 3 rings (SSSR count). The van der Waals surface area contributed by atoms with Gasteiger partial charge in [-0.15, -0.1) is 0 Å². The van der Waals surface area contributed by atoms with Crippen LogP contribution in [0.2, 0.25) is 0 Å². The zero-order valence-corrected chi connectivity index (χ0v) is 9.54. The standard InChI is InChI=1S/C12H14N2O2/c1-7-10-8-5-3-4-6-9(8)11(15)14(2)12(10)16-13-7/h3-6H2,1-2H3. The molecule has 4 heteroatoms. The number of rotatable bonds is 0. The van der Waals surface area contributed by atoms with Crippen molar-refractivity contribution >= 4 is 11.1 Å². The molecule has 16 heavy (non-hydrogen) atoms. The van der Waals surface area contributed by atoms with Gasteiger partial charge in [0, 0.05) is 12.6 Å². The van der Waals surface area contributed by atoms with Gasteiger partial charge in [0.1, 0.15) is 0 Å². The Balaban J connectivity index is 2.53. The first-order valence-electron chi connectivity index (χ1n) is 5.67. The molecule has 0 atom stereocenters. The van der Waals surface area contributed by atoms with Crippen LogP contribution in [0.1, 0.15) is 29.7 Å². The first-order chi connectivity index (χ1) is 7.70. The number of aryl methyl sites for hydroxylation is 3. The number of hydrogen-bond acceptors (Lipinski definition) is 3. The van der Waals surface area contributed by atoms with Gasteiger partial charge in [-0.1, -0.05) is 5.16 Å². The molecule has 0 fully saturated rings. The van der Waals surface area contributed by atoms with Crippen LogP contribution in [0.3, 0.4) is 0 Å². The summed E-state index contributed by atoms with van der Waals surface area (Å²) in [5.41, 5.74) is 3.72. The van der Waals surface area contributed by atoms with E-state index in [2.05, 4.69) is 5.16 Å². The first kappa shape index (κ1) is 9.63. The third-order valence-electron chi connectivity index (χ3n) is 3.48. The van der Waals surface area contributed by atoms with Crippen LogP contribution in [0.5, 0.6) is 0 Å². The summed E-state index contributed by atoms with van der Waals surface area (Å²) in [5, 5.41) is 5.02. The minimum atomic E-state index is 0.0818. The fraction of sp³-hybridized carbons (Fsp3) is 0.500. The number of aromatic nitrogens is 2. The van der Waals surface area contributed by atoms with Crippen LogP contribution in [-0.2, 0) is 19.9 Å². The lowest BCUT2D eigenvalue weighted by molar-refractivity contribution is 0.431. The van der Waals surface area contributed by atoms with Gasteiger partial charge in [0.15, 0.2) is 0 Å². The number of nitrogens with zero attached hydrogens (tertiary/aromatic N) is 2. The first-order valence-corrected chi connectivity index (χ1v) is 5.67. The van der Waals surface area contributed by atoms with E-state index in [-0.39, 0.29) is 5.56 Å². The second-order valence-electron chi connectivity index (χ2n) is 4.48. The van der Waals surface area contributed by atoms with Gasteiger partial charge in [-0.25, -0.2) is 0 Å². The van der Waals surface area contributed by atoms with Crippen molar-refractivity contribution in [3.8, 4) is 0 Å². The van der Waals surface area contributed by atoms with Crippen molar-refractivity contribution in [2.24, 2.45) is 7.05 Å². The van der Waals surface area contributed by atoms with Crippen LogP contribution < -0.4 is 5.56 Å². The molecule has 0 aliphatic heterocycles. The molecule has 2 aromatic rings. The molecule has 0 saturated carbocycles. The molecule has 2 aromatic heterocycles. The van der Waals surface area contributed by atoms with Crippen molar-refractivity contribution in [2.45, 2.75) is 32.6 Å². The van der Waals surface area contributed by atoms with Crippen LogP contribution in [0, 0.1) is 6.92 Å². The molecule has 84 valence electrons. The van der Waals surface area contributed by atoms with E-state index in [1.165, 1.54) is 5.56 Å². The predicted molar refractivity (Wildman–Crippen MR) is 60.6 cm³/mol. The van der Waals surface area contributed by atoms with E-state index >= 15 is 0 Å². The molecule has 1 aliphatic rings.